The maximum atomic E-state index is 4.48. The van der Waals surface area contributed by atoms with E-state index in [2.05, 4.69) is 35.2 Å². The smallest absolute Gasteiger partial charge is 0.108 e. The van der Waals surface area contributed by atoms with Crippen LogP contribution in [0.2, 0.25) is 0 Å². The van der Waals surface area contributed by atoms with Gasteiger partial charge in [0.15, 0.2) is 0 Å². The van der Waals surface area contributed by atoms with Gasteiger partial charge in [-0.1, -0.05) is 19.3 Å². The third-order valence-electron chi connectivity index (χ3n) is 4.15. The van der Waals surface area contributed by atoms with Crippen LogP contribution in [0.5, 0.6) is 0 Å². The van der Waals surface area contributed by atoms with Crippen LogP contribution in [0.4, 0.5) is 0 Å². The molecule has 0 aliphatic heterocycles. The molecule has 17 heavy (non-hydrogen) atoms. The molecular weight excluding hydrogens is 210 g/mol. The van der Waals surface area contributed by atoms with E-state index in [0.29, 0.717) is 0 Å². The van der Waals surface area contributed by atoms with E-state index in [1.54, 1.807) is 0 Å². The lowest BCUT2D eigenvalue weighted by Gasteiger charge is -2.24. The summed E-state index contributed by atoms with van der Waals surface area (Å²) >= 11 is 0. The van der Waals surface area contributed by atoms with Gasteiger partial charge in [0, 0.05) is 25.9 Å². The van der Waals surface area contributed by atoms with Gasteiger partial charge in [0.05, 0.1) is 0 Å². The fourth-order valence-corrected chi connectivity index (χ4v) is 3.09. The molecule has 1 aliphatic carbocycles. The Kier molecular flexibility index (Phi) is 4.60. The molecule has 1 aliphatic rings. The SMILES string of the molecule is CNCC1CCCCCC1Cc1nccn1C. The molecule has 0 amide bonds. The first-order valence-electron chi connectivity index (χ1n) is 6.92. The summed E-state index contributed by atoms with van der Waals surface area (Å²) in [5.41, 5.74) is 0. The summed E-state index contributed by atoms with van der Waals surface area (Å²) in [4.78, 5) is 4.48. The first-order chi connectivity index (χ1) is 8.31. The molecule has 3 heteroatoms. The molecule has 0 radical (unpaired) electrons. The third kappa shape index (κ3) is 3.32. The molecule has 2 atom stereocenters. The molecule has 1 heterocycles. The Bertz CT molecular complexity index is 332. The summed E-state index contributed by atoms with van der Waals surface area (Å²) in [6.07, 6.45) is 12.1. The van der Waals surface area contributed by atoms with Crippen molar-refractivity contribution in [1.82, 2.24) is 14.9 Å². The lowest BCUT2D eigenvalue weighted by Crippen LogP contribution is -2.27. The van der Waals surface area contributed by atoms with Crippen molar-refractivity contribution in [3.05, 3.63) is 18.2 Å². The molecule has 1 fully saturated rings. The van der Waals surface area contributed by atoms with Gasteiger partial charge in [0.1, 0.15) is 5.82 Å². The number of nitrogens with zero attached hydrogens (tertiary/aromatic N) is 2. The minimum absolute atomic E-state index is 0.811. The lowest BCUT2D eigenvalue weighted by molar-refractivity contribution is 0.298. The van der Waals surface area contributed by atoms with Gasteiger partial charge in [-0.05, 0) is 38.3 Å². The number of nitrogens with one attached hydrogen (secondary N) is 1. The summed E-state index contributed by atoms with van der Waals surface area (Å²) in [6, 6.07) is 0. The number of rotatable bonds is 4. The van der Waals surface area contributed by atoms with Crippen molar-refractivity contribution in [3.8, 4) is 0 Å². The Balaban J connectivity index is 2.02. The molecule has 3 nitrogen and oxygen atoms in total. The molecule has 0 saturated heterocycles. The Labute approximate surface area is 105 Å². The zero-order valence-corrected chi connectivity index (χ0v) is 11.2. The third-order valence-corrected chi connectivity index (χ3v) is 4.15. The van der Waals surface area contributed by atoms with Crippen LogP contribution in [0.15, 0.2) is 12.4 Å². The highest BCUT2D eigenvalue weighted by atomic mass is 15.0. The van der Waals surface area contributed by atoms with E-state index in [9.17, 15) is 0 Å². The van der Waals surface area contributed by atoms with E-state index < -0.39 is 0 Å². The highest BCUT2D eigenvalue weighted by Crippen LogP contribution is 2.30. The topological polar surface area (TPSA) is 29.9 Å². The van der Waals surface area contributed by atoms with Crippen LogP contribution in [0.1, 0.15) is 37.9 Å². The molecule has 1 saturated carbocycles. The van der Waals surface area contributed by atoms with Crippen LogP contribution >= 0.6 is 0 Å². The van der Waals surface area contributed by atoms with E-state index in [4.69, 9.17) is 0 Å². The minimum Gasteiger partial charge on any atom is -0.338 e. The van der Waals surface area contributed by atoms with Crippen molar-refractivity contribution in [1.29, 1.82) is 0 Å². The van der Waals surface area contributed by atoms with Crippen LogP contribution < -0.4 is 5.32 Å². The van der Waals surface area contributed by atoms with Gasteiger partial charge in [-0.2, -0.15) is 0 Å². The van der Waals surface area contributed by atoms with Crippen molar-refractivity contribution in [2.24, 2.45) is 18.9 Å². The average molecular weight is 235 g/mol. The number of hydrogen-bond donors (Lipinski definition) is 1. The molecule has 2 unspecified atom stereocenters. The molecule has 0 aromatic carbocycles. The second kappa shape index (κ2) is 6.20. The Morgan fingerprint density at radius 3 is 2.71 bits per heavy atom. The Morgan fingerprint density at radius 1 is 1.29 bits per heavy atom. The van der Waals surface area contributed by atoms with Crippen LogP contribution in [0.3, 0.4) is 0 Å². The molecule has 1 aromatic heterocycles. The molecule has 1 aromatic rings. The minimum atomic E-state index is 0.811. The summed E-state index contributed by atoms with van der Waals surface area (Å²) < 4.78 is 2.17. The van der Waals surface area contributed by atoms with Crippen molar-refractivity contribution in [2.45, 2.75) is 38.5 Å². The van der Waals surface area contributed by atoms with Gasteiger partial charge in [0.25, 0.3) is 0 Å². The maximum absolute atomic E-state index is 4.48. The predicted octanol–water partition coefficient (Wildman–Crippen LogP) is 2.38. The van der Waals surface area contributed by atoms with Gasteiger partial charge in [-0.15, -0.1) is 0 Å². The number of aromatic nitrogens is 2. The van der Waals surface area contributed by atoms with E-state index >= 15 is 0 Å². The summed E-state index contributed by atoms with van der Waals surface area (Å²) in [6.45, 7) is 1.16. The number of hydrogen-bond acceptors (Lipinski definition) is 2. The molecule has 2 rings (SSSR count). The zero-order valence-electron chi connectivity index (χ0n) is 11.2. The predicted molar refractivity (Wildman–Crippen MR) is 70.9 cm³/mol. The zero-order chi connectivity index (χ0) is 12.1. The number of imidazole rings is 1. The fraction of sp³-hybridized carbons (Fsp3) is 0.786. The van der Waals surface area contributed by atoms with E-state index in [1.807, 2.05) is 6.20 Å². The van der Waals surface area contributed by atoms with Crippen LogP contribution in [0.25, 0.3) is 0 Å². The highest BCUT2D eigenvalue weighted by molar-refractivity contribution is 4.94. The summed E-state index contributed by atoms with van der Waals surface area (Å²) in [5.74, 6) is 2.89. The van der Waals surface area contributed by atoms with Gasteiger partial charge in [-0.3, -0.25) is 0 Å². The van der Waals surface area contributed by atoms with Crippen molar-refractivity contribution in [2.75, 3.05) is 13.6 Å². The maximum Gasteiger partial charge on any atom is 0.108 e. The van der Waals surface area contributed by atoms with Crippen LogP contribution in [0, 0.1) is 11.8 Å². The molecule has 0 spiro atoms. The lowest BCUT2D eigenvalue weighted by atomic mass is 9.85. The first-order valence-corrected chi connectivity index (χ1v) is 6.92. The normalized spacial score (nSPS) is 25.8. The van der Waals surface area contributed by atoms with Gasteiger partial charge < -0.3 is 9.88 Å². The average Bonchev–Trinajstić information content (AvgIpc) is 2.59. The Morgan fingerprint density at radius 2 is 2.06 bits per heavy atom. The number of aryl methyl sites for hydroxylation is 1. The standard InChI is InChI=1S/C14H25N3/c1-15-11-13-7-5-3-4-6-12(13)10-14-16-8-9-17(14)2/h8-9,12-13,15H,3-7,10-11H2,1-2H3. The van der Waals surface area contributed by atoms with Gasteiger partial charge in [-0.25, -0.2) is 4.98 Å². The molecule has 1 N–H and O–H groups in total. The summed E-state index contributed by atoms with van der Waals surface area (Å²) in [5, 5.41) is 3.36. The Hall–Kier alpha value is -0.830. The van der Waals surface area contributed by atoms with Gasteiger partial charge >= 0.3 is 0 Å². The van der Waals surface area contributed by atoms with E-state index in [-0.39, 0.29) is 0 Å². The second-order valence-electron chi connectivity index (χ2n) is 5.37. The van der Waals surface area contributed by atoms with Crippen LogP contribution in [-0.2, 0) is 13.5 Å². The highest BCUT2D eigenvalue weighted by Gasteiger charge is 2.24. The first kappa shape index (κ1) is 12.6. The van der Waals surface area contributed by atoms with Crippen molar-refractivity contribution in [3.63, 3.8) is 0 Å². The van der Waals surface area contributed by atoms with E-state index in [1.165, 1.54) is 37.9 Å². The quantitative estimate of drug-likeness (QED) is 0.812. The summed E-state index contributed by atoms with van der Waals surface area (Å²) in [7, 11) is 4.18. The molecule has 96 valence electrons. The van der Waals surface area contributed by atoms with E-state index in [0.717, 1.165) is 24.8 Å². The monoisotopic (exact) mass is 235 g/mol. The van der Waals surface area contributed by atoms with Gasteiger partial charge in [0.2, 0.25) is 0 Å². The molecular formula is C14H25N3. The largest absolute Gasteiger partial charge is 0.338 e. The van der Waals surface area contributed by atoms with Crippen molar-refractivity contribution >= 4 is 0 Å². The molecule has 0 bridgehead atoms. The second-order valence-corrected chi connectivity index (χ2v) is 5.37. The van der Waals surface area contributed by atoms with Crippen LogP contribution in [-0.4, -0.2) is 23.1 Å². The van der Waals surface area contributed by atoms with Crippen molar-refractivity contribution < 1.29 is 0 Å². The fourth-order valence-electron chi connectivity index (χ4n) is 3.09.